The van der Waals surface area contributed by atoms with E-state index in [4.69, 9.17) is 11.0 Å². The molecule has 1 aliphatic rings. The van der Waals surface area contributed by atoms with Crippen LogP contribution in [-0.2, 0) is 0 Å². The molecule has 1 fully saturated rings. The van der Waals surface area contributed by atoms with Crippen molar-refractivity contribution < 1.29 is 13.2 Å². The third-order valence-corrected chi connectivity index (χ3v) is 2.67. The lowest BCUT2D eigenvalue weighted by atomic mass is 9.74. The zero-order valence-corrected chi connectivity index (χ0v) is 8.79. The van der Waals surface area contributed by atoms with Crippen molar-refractivity contribution in [1.29, 1.82) is 5.26 Å². The van der Waals surface area contributed by atoms with Gasteiger partial charge in [0.05, 0.1) is 11.5 Å². The van der Waals surface area contributed by atoms with Crippen LogP contribution in [-0.4, -0.2) is 25.3 Å². The number of nitrogens with one attached hydrogen (secondary N) is 1. The van der Waals surface area contributed by atoms with Gasteiger partial charge >= 0.3 is 6.18 Å². The monoisotopic (exact) mass is 243 g/mol. The van der Waals surface area contributed by atoms with E-state index in [1.807, 2.05) is 0 Å². The Morgan fingerprint density at radius 3 is 2.13 bits per heavy atom. The number of nitriles is 1. The third-order valence-electron chi connectivity index (χ3n) is 2.67. The van der Waals surface area contributed by atoms with Crippen LogP contribution in [0, 0.1) is 16.7 Å². The molecule has 3 nitrogen and oxygen atoms in total. The standard InChI is InChI=1S/C8H12F3N3.ClH/c9-8(10,11)6(13)7(5-12)1-3-14-4-2-7;/h6,14H,1-4,13H2;1H. The topological polar surface area (TPSA) is 61.8 Å². The summed E-state index contributed by atoms with van der Waals surface area (Å²) in [6.07, 6.45) is -4.18. The van der Waals surface area contributed by atoms with Gasteiger partial charge in [-0.1, -0.05) is 0 Å². The lowest BCUT2D eigenvalue weighted by Gasteiger charge is -2.36. The molecule has 0 aliphatic carbocycles. The predicted molar refractivity (Wildman–Crippen MR) is 51.4 cm³/mol. The Kier molecular flexibility index (Phi) is 4.84. The van der Waals surface area contributed by atoms with E-state index in [1.54, 1.807) is 6.07 Å². The van der Waals surface area contributed by atoms with Gasteiger partial charge in [0.1, 0.15) is 6.04 Å². The summed E-state index contributed by atoms with van der Waals surface area (Å²) >= 11 is 0. The average molecular weight is 244 g/mol. The highest BCUT2D eigenvalue weighted by atomic mass is 35.5. The summed E-state index contributed by atoms with van der Waals surface area (Å²) in [5, 5.41) is 11.7. The summed E-state index contributed by atoms with van der Waals surface area (Å²) in [4.78, 5) is 0. The summed E-state index contributed by atoms with van der Waals surface area (Å²) in [5.74, 6) is 0. The molecule has 1 rings (SSSR count). The van der Waals surface area contributed by atoms with Crippen LogP contribution in [0.3, 0.4) is 0 Å². The molecule has 0 bridgehead atoms. The van der Waals surface area contributed by atoms with E-state index in [1.165, 1.54) is 0 Å². The van der Waals surface area contributed by atoms with Crippen molar-refractivity contribution in [2.24, 2.45) is 11.1 Å². The lowest BCUT2D eigenvalue weighted by Crippen LogP contribution is -2.54. The van der Waals surface area contributed by atoms with E-state index < -0.39 is 17.6 Å². The minimum absolute atomic E-state index is 0. The Hall–Kier alpha value is -0.510. The first-order valence-electron chi connectivity index (χ1n) is 4.37. The molecular formula is C8H13ClF3N3. The zero-order valence-electron chi connectivity index (χ0n) is 7.97. The molecule has 0 amide bonds. The first kappa shape index (κ1) is 14.5. The number of nitrogens with two attached hydrogens (primary N) is 1. The Balaban J connectivity index is 0.00000196. The van der Waals surface area contributed by atoms with E-state index in [0.29, 0.717) is 13.1 Å². The van der Waals surface area contributed by atoms with Crippen LogP contribution in [0.2, 0.25) is 0 Å². The highest BCUT2D eigenvalue weighted by Crippen LogP contribution is 2.38. The highest BCUT2D eigenvalue weighted by Gasteiger charge is 2.52. The quantitative estimate of drug-likeness (QED) is 0.727. The van der Waals surface area contributed by atoms with Crippen LogP contribution >= 0.6 is 12.4 Å². The second kappa shape index (κ2) is 5.01. The van der Waals surface area contributed by atoms with Gasteiger partial charge < -0.3 is 11.1 Å². The molecule has 1 aliphatic heterocycles. The summed E-state index contributed by atoms with van der Waals surface area (Å²) in [7, 11) is 0. The summed E-state index contributed by atoms with van der Waals surface area (Å²) in [6, 6.07) is -0.301. The van der Waals surface area contributed by atoms with Crippen LogP contribution < -0.4 is 11.1 Å². The van der Waals surface area contributed by atoms with Crippen LogP contribution in [0.15, 0.2) is 0 Å². The number of piperidine rings is 1. The maximum Gasteiger partial charge on any atom is 0.405 e. The molecule has 0 aromatic rings. The molecule has 1 unspecified atom stereocenters. The lowest BCUT2D eigenvalue weighted by molar-refractivity contribution is -0.170. The SMILES string of the molecule is Cl.N#CC1(C(N)C(F)(F)F)CCNCC1. The van der Waals surface area contributed by atoms with Crippen molar-refractivity contribution in [2.45, 2.75) is 25.1 Å². The molecule has 1 heterocycles. The number of halogens is 4. The van der Waals surface area contributed by atoms with Crippen molar-refractivity contribution in [3.05, 3.63) is 0 Å². The van der Waals surface area contributed by atoms with Crippen LogP contribution in [0.25, 0.3) is 0 Å². The normalized spacial score (nSPS) is 22.3. The molecule has 15 heavy (non-hydrogen) atoms. The molecule has 0 aromatic carbocycles. The summed E-state index contributed by atoms with van der Waals surface area (Å²) in [5.41, 5.74) is 3.65. The Labute approximate surface area is 92.2 Å². The van der Waals surface area contributed by atoms with Crippen LogP contribution in [0.4, 0.5) is 13.2 Å². The maximum atomic E-state index is 12.4. The van der Waals surface area contributed by atoms with Gasteiger partial charge in [0, 0.05) is 0 Å². The first-order chi connectivity index (χ1) is 6.42. The minimum Gasteiger partial charge on any atom is -0.319 e. The molecule has 0 radical (unpaired) electrons. The Bertz CT molecular complexity index is 242. The fourth-order valence-corrected chi connectivity index (χ4v) is 1.68. The summed E-state index contributed by atoms with van der Waals surface area (Å²) in [6.45, 7) is 0.828. The maximum absolute atomic E-state index is 12.4. The van der Waals surface area contributed by atoms with Gasteiger partial charge in [-0.3, -0.25) is 0 Å². The summed E-state index contributed by atoms with van der Waals surface area (Å²) < 4.78 is 37.1. The van der Waals surface area contributed by atoms with Gasteiger partial charge in [0.2, 0.25) is 0 Å². The smallest absolute Gasteiger partial charge is 0.319 e. The van der Waals surface area contributed by atoms with Crippen molar-refractivity contribution in [3.8, 4) is 6.07 Å². The molecule has 88 valence electrons. The van der Waals surface area contributed by atoms with Crippen molar-refractivity contribution in [2.75, 3.05) is 13.1 Å². The average Bonchev–Trinajstić information content (AvgIpc) is 2.16. The van der Waals surface area contributed by atoms with E-state index in [2.05, 4.69) is 5.32 Å². The molecule has 0 spiro atoms. The van der Waals surface area contributed by atoms with Crippen molar-refractivity contribution >= 4 is 12.4 Å². The van der Waals surface area contributed by atoms with Gasteiger partial charge in [-0.05, 0) is 25.9 Å². The van der Waals surface area contributed by atoms with Gasteiger partial charge in [-0.25, -0.2) is 0 Å². The fourth-order valence-electron chi connectivity index (χ4n) is 1.68. The Morgan fingerprint density at radius 1 is 1.33 bits per heavy atom. The molecule has 0 aromatic heterocycles. The van der Waals surface area contributed by atoms with Crippen LogP contribution in [0.1, 0.15) is 12.8 Å². The fraction of sp³-hybridized carbons (Fsp3) is 0.875. The van der Waals surface area contributed by atoms with Gasteiger partial charge in [0.25, 0.3) is 0 Å². The van der Waals surface area contributed by atoms with Gasteiger partial charge in [-0.2, -0.15) is 18.4 Å². The van der Waals surface area contributed by atoms with E-state index in [0.717, 1.165) is 0 Å². The second-order valence-corrected chi connectivity index (χ2v) is 3.54. The number of rotatable bonds is 1. The van der Waals surface area contributed by atoms with Crippen molar-refractivity contribution in [1.82, 2.24) is 5.32 Å². The molecule has 0 saturated carbocycles. The largest absolute Gasteiger partial charge is 0.405 e. The van der Waals surface area contributed by atoms with Crippen LogP contribution in [0.5, 0.6) is 0 Å². The number of alkyl halides is 3. The van der Waals surface area contributed by atoms with E-state index in [9.17, 15) is 13.2 Å². The van der Waals surface area contributed by atoms with Gasteiger partial charge in [0.15, 0.2) is 0 Å². The van der Waals surface area contributed by atoms with E-state index in [-0.39, 0.29) is 25.2 Å². The molecule has 1 saturated heterocycles. The molecule has 3 N–H and O–H groups in total. The van der Waals surface area contributed by atoms with E-state index >= 15 is 0 Å². The zero-order chi connectivity index (χ0) is 10.8. The second-order valence-electron chi connectivity index (χ2n) is 3.54. The highest BCUT2D eigenvalue weighted by molar-refractivity contribution is 5.85. The Morgan fingerprint density at radius 2 is 1.80 bits per heavy atom. The number of nitrogens with zero attached hydrogens (tertiary/aromatic N) is 1. The first-order valence-corrected chi connectivity index (χ1v) is 4.37. The predicted octanol–water partition coefficient (Wildman–Crippen LogP) is 1.19. The third kappa shape index (κ3) is 2.97. The van der Waals surface area contributed by atoms with Crippen molar-refractivity contribution in [3.63, 3.8) is 0 Å². The minimum atomic E-state index is -4.49. The number of hydrogen-bond acceptors (Lipinski definition) is 3. The van der Waals surface area contributed by atoms with Gasteiger partial charge in [-0.15, -0.1) is 12.4 Å². The number of hydrogen-bond donors (Lipinski definition) is 2. The molecule has 1 atom stereocenters. The molecule has 7 heteroatoms. The molecular weight excluding hydrogens is 231 g/mol.